The Bertz CT molecular complexity index is 800. The summed E-state index contributed by atoms with van der Waals surface area (Å²) in [6.45, 7) is 4.29. The molecule has 0 spiro atoms. The Labute approximate surface area is 171 Å². The van der Waals surface area contributed by atoms with Gasteiger partial charge in [-0.15, -0.1) is 17.5 Å². The van der Waals surface area contributed by atoms with Crippen molar-refractivity contribution in [2.24, 2.45) is 0 Å². The zero-order valence-corrected chi connectivity index (χ0v) is 17.0. The molecule has 0 atom stereocenters. The average Bonchev–Trinajstić information content (AvgIpc) is 3.05. The summed E-state index contributed by atoms with van der Waals surface area (Å²) in [5.41, 5.74) is 2.23. The third-order valence-electron chi connectivity index (χ3n) is 5.55. The molecule has 152 valence electrons. The zero-order valence-electron chi connectivity index (χ0n) is 16.2. The highest BCUT2D eigenvalue weighted by Gasteiger charge is 2.23. The molecule has 2 aromatic rings. The highest BCUT2D eigenvalue weighted by atomic mass is 35.5. The maximum atomic E-state index is 12.7. The number of amides is 1. The summed E-state index contributed by atoms with van der Waals surface area (Å²) >= 11 is 0. The summed E-state index contributed by atoms with van der Waals surface area (Å²) in [7, 11) is 0. The van der Waals surface area contributed by atoms with Gasteiger partial charge >= 0.3 is 0 Å². The van der Waals surface area contributed by atoms with Crippen molar-refractivity contribution < 1.29 is 9.53 Å². The van der Waals surface area contributed by atoms with Crippen LogP contribution in [0.4, 0.5) is 0 Å². The molecule has 1 aliphatic heterocycles. The van der Waals surface area contributed by atoms with Gasteiger partial charge in [-0.1, -0.05) is 23.4 Å². The smallest absolute Gasteiger partial charge is 0.274 e. The van der Waals surface area contributed by atoms with E-state index in [9.17, 15) is 4.79 Å². The molecule has 1 saturated carbocycles. The van der Waals surface area contributed by atoms with Gasteiger partial charge < -0.3 is 15.4 Å². The molecule has 1 aliphatic carbocycles. The summed E-state index contributed by atoms with van der Waals surface area (Å²) < 4.78 is 7.94. The molecule has 28 heavy (non-hydrogen) atoms. The van der Waals surface area contributed by atoms with Gasteiger partial charge in [0.2, 0.25) is 0 Å². The van der Waals surface area contributed by atoms with Crippen LogP contribution in [0.3, 0.4) is 0 Å². The van der Waals surface area contributed by atoms with Gasteiger partial charge in [0, 0.05) is 12.1 Å². The van der Waals surface area contributed by atoms with E-state index >= 15 is 0 Å². The Morgan fingerprint density at radius 2 is 2.00 bits per heavy atom. The number of aromatic nitrogens is 3. The topological polar surface area (TPSA) is 81.1 Å². The number of nitrogens with one attached hydrogen (secondary N) is 2. The second-order valence-corrected chi connectivity index (χ2v) is 7.41. The molecule has 4 rings (SSSR count). The van der Waals surface area contributed by atoms with E-state index in [4.69, 9.17) is 4.74 Å². The van der Waals surface area contributed by atoms with Crippen molar-refractivity contribution in [3.8, 4) is 5.75 Å². The van der Waals surface area contributed by atoms with Crippen molar-refractivity contribution >= 4 is 18.3 Å². The van der Waals surface area contributed by atoms with Crippen LogP contribution in [0.25, 0.3) is 0 Å². The lowest BCUT2D eigenvalue weighted by Gasteiger charge is -2.27. The minimum Gasteiger partial charge on any atom is -0.490 e. The molecule has 7 nitrogen and oxygen atoms in total. The van der Waals surface area contributed by atoms with Gasteiger partial charge in [-0.2, -0.15) is 0 Å². The van der Waals surface area contributed by atoms with Crippen molar-refractivity contribution in [2.45, 2.75) is 57.7 Å². The normalized spacial score (nSPS) is 17.5. The Kier molecular flexibility index (Phi) is 6.91. The average molecular weight is 406 g/mol. The fraction of sp³-hybridized carbons (Fsp3) is 0.550. The number of carbonyl (C=O) groups is 1. The number of para-hydroxylation sites is 1. The second kappa shape index (κ2) is 9.39. The molecule has 0 unspecified atom stereocenters. The molecule has 1 aromatic carbocycles. The van der Waals surface area contributed by atoms with E-state index in [-0.39, 0.29) is 18.3 Å². The minimum atomic E-state index is -0.189. The number of hydrogen-bond donors (Lipinski definition) is 2. The molecule has 1 saturated heterocycles. The summed E-state index contributed by atoms with van der Waals surface area (Å²) in [5, 5.41) is 14.7. The summed E-state index contributed by atoms with van der Waals surface area (Å²) in [5.74, 6) is 0.670. The van der Waals surface area contributed by atoms with Crippen LogP contribution in [0.2, 0.25) is 0 Å². The third kappa shape index (κ3) is 4.47. The van der Waals surface area contributed by atoms with Crippen molar-refractivity contribution in [1.82, 2.24) is 25.6 Å². The second-order valence-electron chi connectivity index (χ2n) is 7.41. The molecule has 2 aliphatic rings. The first kappa shape index (κ1) is 20.6. The first-order valence-electron chi connectivity index (χ1n) is 9.87. The van der Waals surface area contributed by atoms with Gasteiger partial charge in [-0.3, -0.25) is 4.79 Å². The predicted octanol–water partition coefficient (Wildman–Crippen LogP) is 2.79. The lowest BCUT2D eigenvalue weighted by atomic mass is 9.96. The number of benzene rings is 1. The summed E-state index contributed by atoms with van der Waals surface area (Å²) in [6.07, 6.45) is 5.79. The van der Waals surface area contributed by atoms with Crippen LogP contribution in [0.1, 0.15) is 59.9 Å². The van der Waals surface area contributed by atoms with Crippen molar-refractivity contribution in [3.05, 3.63) is 41.2 Å². The van der Waals surface area contributed by atoms with Gasteiger partial charge in [-0.05, 0) is 58.2 Å². The van der Waals surface area contributed by atoms with Crippen LogP contribution in [0.5, 0.6) is 5.75 Å². The van der Waals surface area contributed by atoms with Crippen LogP contribution in [-0.2, 0) is 6.54 Å². The number of carbonyl (C=O) groups excluding carboxylic acids is 1. The summed E-state index contributed by atoms with van der Waals surface area (Å²) in [6, 6.07) is 8.21. The van der Waals surface area contributed by atoms with E-state index in [2.05, 4.69) is 20.9 Å². The van der Waals surface area contributed by atoms with E-state index in [1.54, 1.807) is 0 Å². The fourth-order valence-corrected chi connectivity index (χ4v) is 3.64. The van der Waals surface area contributed by atoms with Crippen LogP contribution >= 0.6 is 12.4 Å². The number of nitrogens with zero attached hydrogens (tertiary/aromatic N) is 3. The highest BCUT2D eigenvalue weighted by Crippen LogP contribution is 2.27. The van der Waals surface area contributed by atoms with Gasteiger partial charge in [0.15, 0.2) is 5.69 Å². The number of hydrogen-bond acceptors (Lipinski definition) is 5. The zero-order chi connectivity index (χ0) is 18.6. The fourth-order valence-electron chi connectivity index (χ4n) is 3.64. The maximum absolute atomic E-state index is 12.7. The predicted molar refractivity (Wildman–Crippen MR) is 109 cm³/mol. The minimum absolute atomic E-state index is 0. The van der Waals surface area contributed by atoms with E-state index in [0.717, 1.165) is 55.8 Å². The third-order valence-corrected chi connectivity index (χ3v) is 5.55. The standard InChI is InChI=1S/C20H27N5O2.ClH/c1-14-19(23-24-25(14)16-9-11-21-12-10-16)20(26)22-13-15-5-2-3-8-18(15)27-17-6-4-7-17;/h2-3,5,8,16-17,21H,4,6-7,9-13H2,1H3,(H,22,26);1H. The van der Waals surface area contributed by atoms with Gasteiger partial charge in [0.1, 0.15) is 5.75 Å². The van der Waals surface area contributed by atoms with Crippen LogP contribution in [0, 0.1) is 6.92 Å². The molecule has 8 heteroatoms. The molecular formula is C20H28ClN5O2. The lowest BCUT2D eigenvalue weighted by Crippen LogP contribution is -2.30. The Hall–Kier alpha value is -2.12. The van der Waals surface area contributed by atoms with E-state index in [1.165, 1.54) is 6.42 Å². The quantitative estimate of drug-likeness (QED) is 0.772. The molecule has 2 N–H and O–H groups in total. The number of piperidine rings is 1. The Balaban J connectivity index is 0.00000225. The molecule has 2 heterocycles. The van der Waals surface area contributed by atoms with E-state index in [0.29, 0.717) is 24.4 Å². The van der Waals surface area contributed by atoms with Crippen molar-refractivity contribution in [3.63, 3.8) is 0 Å². The van der Waals surface area contributed by atoms with Crippen LogP contribution < -0.4 is 15.4 Å². The van der Waals surface area contributed by atoms with Crippen LogP contribution in [0.15, 0.2) is 24.3 Å². The molecule has 0 radical (unpaired) electrons. The van der Waals surface area contributed by atoms with Gasteiger partial charge in [-0.25, -0.2) is 4.68 Å². The largest absolute Gasteiger partial charge is 0.490 e. The van der Waals surface area contributed by atoms with Crippen molar-refractivity contribution in [1.29, 1.82) is 0 Å². The Morgan fingerprint density at radius 1 is 1.25 bits per heavy atom. The van der Waals surface area contributed by atoms with E-state index < -0.39 is 0 Å². The maximum Gasteiger partial charge on any atom is 0.274 e. The molecule has 1 aromatic heterocycles. The van der Waals surface area contributed by atoms with Crippen molar-refractivity contribution in [2.75, 3.05) is 13.1 Å². The van der Waals surface area contributed by atoms with Gasteiger partial charge in [0.05, 0.1) is 17.8 Å². The number of rotatable bonds is 6. The SMILES string of the molecule is Cc1c(C(=O)NCc2ccccc2OC2CCC2)nnn1C1CCNCC1.Cl. The highest BCUT2D eigenvalue weighted by molar-refractivity contribution is 5.93. The molecular weight excluding hydrogens is 378 g/mol. The first-order valence-corrected chi connectivity index (χ1v) is 9.87. The molecule has 1 amide bonds. The molecule has 2 fully saturated rings. The van der Waals surface area contributed by atoms with E-state index in [1.807, 2.05) is 35.9 Å². The summed E-state index contributed by atoms with van der Waals surface area (Å²) in [4.78, 5) is 12.7. The number of halogens is 1. The first-order chi connectivity index (χ1) is 13.2. The Morgan fingerprint density at radius 3 is 2.71 bits per heavy atom. The lowest BCUT2D eigenvalue weighted by molar-refractivity contribution is 0.0943. The monoisotopic (exact) mass is 405 g/mol. The van der Waals surface area contributed by atoms with Crippen LogP contribution in [-0.4, -0.2) is 40.1 Å². The number of ether oxygens (including phenoxy) is 1. The molecule has 0 bridgehead atoms. The van der Waals surface area contributed by atoms with Gasteiger partial charge in [0.25, 0.3) is 5.91 Å².